The van der Waals surface area contributed by atoms with Crippen LogP contribution in [-0.2, 0) is 11.3 Å². The normalized spacial score (nSPS) is 10.8. The fourth-order valence-electron chi connectivity index (χ4n) is 1.38. The van der Waals surface area contributed by atoms with Gasteiger partial charge in [0.1, 0.15) is 0 Å². The number of thiazole rings is 1. The number of aryl methyl sites for hydroxylation is 2. The quantitative estimate of drug-likeness (QED) is 0.887. The molecule has 0 aliphatic heterocycles. The molecule has 1 N–H and O–H groups in total. The fraction of sp³-hybridized carbons (Fsp3) is 0.455. The van der Waals surface area contributed by atoms with E-state index in [2.05, 4.69) is 22.3 Å². The molecule has 17 heavy (non-hydrogen) atoms. The first-order valence-electron chi connectivity index (χ1n) is 5.41. The number of nitrogens with one attached hydrogen (secondary N) is 1. The van der Waals surface area contributed by atoms with E-state index < -0.39 is 0 Å². The summed E-state index contributed by atoms with van der Waals surface area (Å²) in [5.41, 5.74) is 2.03. The Kier molecular flexibility index (Phi) is 3.75. The summed E-state index contributed by atoms with van der Waals surface area (Å²) in [5.74, 6) is 0. The summed E-state index contributed by atoms with van der Waals surface area (Å²) in [6.45, 7) is 5.50. The standard InChI is InChI=1S/C11H16N4OS/c1-8-9(2)17-11(13-8)14-10-6-12-15(7-10)4-5-16-3/h6-7H,4-5H2,1-3H3,(H,13,14). The maximum atomic E-state index is 5.00. The van der Waals surface area contributed by atoms with E-state index in [1.807, 2.05) is 17.8 Å². The molecule has 0 unspecified atom stereocenters. The van der Waals surface area contributed by atoms with Gasteiger partial charge in [-0.05, 0) is 13.8 Å². The van der Waals surface area contributed by atoms with Gasteiger partial charge in [0, 0.05) is 18.2 Å². The molecule has 2 aromatic rings. The molecule has 2 heterocycles. The van der Waals surface area contributed by atoms with Crippen molar-refractivity contribution >= 4 is 22.2 Å². The first-order chi connectivity index (χ1) is 8.19. The molecule has 0 aliphatic rings. The van der Waals surface area contributed by atoms with E-state index in [1.165, 1.54) is 4.88 Å². The van der Waals surface area contributed by atoms with Crippen LogP contribution in [0.4, 0.5) is 10.8 Å². The number of hydrogen-bond acceptors (Lipinski definition) is 5. The molecule has 0 bridgehead atoms. The number of rotatable bonds is 5. The van der Waals surface area contributed by atoms with Gasteiger partial charge in [0.2, 0.25) is 0 Å². The van der Waals surface area contributed by atoms with Crippen LogP contribution in [0, 0.1) is 13.8 Å². The van der Waals surface area contributed by atoms with Gasteiger partial charge in [-0.2, -0.15) is 5.10 Å². The summed E-state index contributed by atoms with van der Waals surface area (Å²) in [5, 5.41) is 8.38. The van der Waals surface area contributed by atoms with E-state index in [0.29, 0.717) is 6.61 Å². The number of aromatic nitrogens is 3. The Morgan fingerprint density at radius 1 is 1.47 bits per heavy atom. The highest BCUT2D eigenvalue weighted by molar-refractivity contribution is 7.15. The molecule has 0 radical (unpaired) electrons. The first kappa shape index (κ1) is 12.1. The zero-order valence-corrected chi connectivity index (χ0v) is 11.0. The Hall–Kier alpha value is -1.40. The Morgan fingerprint density at radius 3 is 2.94 bits per heavy atom. The Bertz CT molecular complexity index is 472. The minimum absolute atomic E-state index is 0.663. The largest absolute Gasteiger partial charge is 0.383 e. The van der Waals surface area contributed by atoms with Gasteiger partial charge >= 0.3 is 0 Å². The molecule has 6 heteroatoms. The van der Waals surface area contributed by atoms with Gasteiger partial charge in [0.25, 0.3) is 0 Å². The summed E-state index contributed by atoms with van der Waals surface area (Å²) < 4.78 is 6.85. The van der Waals surface area contributed by atoms with Crippen LogP contribution in [0.15, 0.2) is 12.4 Å². The van der Waals surface area contributed by atoms with E-state index >= 15 is 0 Å². The van der Waals surface area contributed by atoms with E-state index in [9.17, 15) is 0 Å². The zero-order chi connectivity index (χ0) is 12.3. The van der Waals surface area contributed by atoms with Gasteiger partial charge < -0.3 is 10.1 Å². The van der Waals surface area contributed by atoms with Gasteiger partial charge in [0.05, 0.1) is 30.7 Å². The molecular weight excluding hydrogens is 236 g/mol. The summed E-state index contributed by atoms with van der Waals surface area (Å²) >= 11 is 1.65. The van der Waals surface area contributed by atoms with Gasteiger partial charge in [-0.15, -0.1) is 11.3 Å². The molecule has 0 atom stereocenters. The van der Waals surface area contributed by atoms with Crippen molar-refractivity contribution in [3.05, 3.63) is 23.0 Å². The molecule has 0 spiro atoms. The maximum absolute atomic E-state index is 5.00. The molecule has 2 aromatic heterocycles. The molecule has 2 rings (SSSR count). The highest BCUT2D eigenvalue weighted by Gasteiger charge is 2.05. The minimum Gasteiger partial charge on any atom is -0.383 e. The van der Waals surface area contributed by atoms with Crippen LogP contribution in [0.25, 0.3) is 0 Å². The van der Waals surface area contributed by atoms with E-state index in [0.717, 1.165) is 23.1 Å². The molecule has 0 amide bonds. The van der Waals surface area contributed by atoms with Crippen LogP contribution in [0.5, 0.6) is 0 Å². The van der Waals surface area contributed by atoms with Crippen LogP contribution >= 0.6 is 11.3 Å². The van der Waals surface area contributed by atoms with E-state index in [1.54, 1.807) is 24.6 Å². The lowest BCUT2D eigenvalue weighted by Crippen LogP contribution is -2.03. The molecule has 0 aliphatic carbocycles. The van der Waals surface area contributed by atoms with Crippen molar-refractivity contribution in [1.82, 2.24) is 14.8 Å². The van der Waals surface area contributed by atoms with Crippen molar-refractivity contribution in [3.63, 3.8) is 0 Å². The zero-order valence-electron chi connectivity index (χ0n) is 10.2. The lowest BCUT2D eigenvalue weighted by molar-refractivity contribution is 0.183. The topological polar surface area (TPSA) is 52.0 Å². The summed E-state index contributed by atoms with van der Waals surface area (Å²) in [6, 6.07) is 0. The number of nitrogens with zero attached hydrogens (tertiary/aromatic N) is 3. The van der Waals surface area contributed by atoms with Crippen molar-refractivity contribution in [3.8, 4) is 0 Å². The van der Waals surface area contributed by atoms with Gasteiger partial charge in [-0.3, -0.25) is 4.68 Å². The van der Waals surface area contributed by atoms with Crippen LogP contribution in [-0.4, -0.2) is 28.5 Å². The van der Waals surface area contributed by atoms with Crippen molar-refractivity contribution in [2.45, 2.75) is 20.4 Å². The third kappa shape index (κ3) is 3.04. The molecule has 92 valence electrons. The van der Waals surface area contributed by atoms with Crippen molar-refractivity contribution in [2.24, 2.45) is 0 Å². The highest BCUT2D eigenvalue weighted by atomic mass is 32.1. The van der Waals surface area contributed by atoms with Gasteiger partial charge in [-0.1, -0.05) is 0 Å². The number of ether oxygens (including phenoxy) is 1. The smallest absolute Gasteiger partial charge is 0.187 e. The third-order valence-electron chi connectivity index (χ3n) is 2.44. The number of methoxy groups -OCH3 is 1. The summed E-state index contributed by atoms with van der Waals surface area (Å²) in [7, 11) is 1.68. The molecule has 0 saturated carbocycles. The predicted molar refractivity (Wildman–Crippen MR) is 69.0 cm³/mol. The van der Waals surface area contributed by atoms with E-state index in [4.69, 9.17) is 4.74 Å². The monoisotopic (exact) mass is 252 g/mol. The molecular formula is C11H16N4OS. The second-order valence-corrected chi connectivity index (χ2v) is 4.97. The Balaban J connectivity index is 2.01. The van der Waals surface area contributed by atoms with Crippen LogP contribution in [0.3, 0.4) is 0 Å². The van der Waals surface area contributed by atoms with Crippen molar-refractivity contribution in [2.75, 3.05) is 19.0 Å². The van der Waals surface area contributed by atoms with Crippen molar-refractivity contribution in [1.29, 1.82) is 0 Å². The Labute approximate surface area is 104 Å². The van der Waals surface area contributed by atoms with E-state index in [-0.39, 0.29) is 0 Å². The van der Waals surface area contributed by atoms with Crippen LogP contribution in [0.2, 0.25) is 0 Å². The average Bonchev–Trinajstić information content (AvgIpc) is 2.85. The van der Waals surface area contributed by atoms with Crippen LogP contribution < -0.4 is 5.32 Å². The maximum Gasteiger partial charge on any atom is 0.187 e. The molecule has 0 fully saturated rings. The highest BCUT2D eigenvalue weighted by Crippen LogP contribution is 2.24. The third-order valence-corrected chi connectivity index (χ3v) is 3.43. The summed E-state index contributed by atoms with van der Waals surface area (Å²) in [6.07, 6.45) is 3.74. The van der Waals surface area contributed by atoms with Crippen molar-refractivity contribution < 1.29 is 4.74 Å². The minimum atomic E-state index is 0.663. The lowest BCUT2D eigenvalue weighted by Gasteiger charge is -1.99. The second kappa shape index (κ2) is 5.29. The number of hydrogen-bond donors (Lipinski definition) is 1. The molecule has 0 aromatic carbocycles. The first-order valence-corrected chi connectivity index (χ1v) is 6.23. The Morgan fingerprint density at radius 2 is 2.29 bits per heavy atom. The van der Waals surface area contributed by atoms with Gasteiger partial charge in [0.15, 0.2) is 5.13 Å². The van der Waals surface area contributed by atoms with Crippen LogP contribution in [0.1, 0.15) is 10.6 Å². The number of anilines is 2. The molecule has 0 saturated heterocycles. The predicted octanol–water partition coefficient (Wildman–Crippen LogP) is 2.35. The fourth-order valence-corrected chi connectivity index (χ4v) is 2.22. The molecule has 5 nitrogen and oxygen atoms in total. The summed E-state index contributed by atoms with van der Waals surface area (Å²) in [4.78, 5) is 5.66. The van der Waals surface area contributed by atoms with Gasteiger partial charge in [-0.25, -0.2) is 4.98 Å². The lowest BCUT2D eigenvalue weighted by atomic mass is 10.4. The SMILES string of the molecule is COCCn1cc(Nc2nc(C)c(C)s2)cn1. The average molecular weight is 252 g/mol. The second-order valence-electron chi connectivity index (χ2n) is 3.77.